The second-order valence-corrected chi connectivity index (χ2v) is 11.1. The highest BCUT2D eigenvalue weighted by Crippen LogP contribution is 2.34. The number of imidazole rings is 1. The number of nitrogens with one attached hydrogen (secondary N) is 2. The minimum Gasteiger partial charge on any atom is -0.418 e. The summed E-state index contributed by atoms with van der Waals surface area (Å²) in [6.45, 7) is 9.89. The summed E-state index contributed by atoms with van der Waals surface area (Å²) in [7, 11) is -2.67. The van der Waals surface area contributed by atoms with Gasteiger partial charge in [-0.05, 0) is 41.5 Å². The number of aromatic nitrogens is 4. The van der Waals surface area contributed by atoms with Crippen LogP contribution < -0.4 is 11.3 Å². The maximum atomic E-state index is 12.8. The number of hydrogen-bond donors (Lipinski definition) is 3. The number of hydrogen-bond acceptors (Lipinski definition) is 9. The summed E-state index contributed by atoms with van der Waals surface area (Å²) in [4.78, 5) is 49.7. The average molecular weight is 467 g/mol. The third-order valence-electron chi connectivity index (χ3n) is 4.14. The lowest BCUT2D eigenvalue weighted by Crippen LogP contribution is -2.33. The van der Waals surface area contributed by atoms with Crippen molar-refractivity contribution < 1.29 is 23.6 Å². The molecule has 0 aliphatic heterocycles. The van der Waals surface area contributed by atoms with E-state index in [-0.39, 0.29) is 23.3 Å². The number of carbonyl (C=O) groups is 2. The Morgan fingerprint density at radius 2 is 1.59 bits per heavy atom. The molecule has 0 saturated carbocycles. The lowest BCUT2D eigenvalue weighted by molar-refractivity contribution is -0.184. The van der Waals surface area contributed by atoms with Crippen molar-refractivity contribution in [3.05, 3.63) is 28.3 Å². The minimum absolute atomic E-state index is 0.0321. The number of nitrogens with zero attached hydrogens (tertiary/aromatic N) is 2. The van der Waals surface area contributed by atoms with E-state index in [0.717, 1.165) is 0 Å². The SMILES string of the molecule is CC(C)(C)C(=O)OC(OC(=O)C(C)(C)C)[PH](=O)C/C=C/Cc1nc2nc(N)[nH]c(=O)c2[nH]1. The van der Waals surface area contributed by atoms with Crippen LogP contribution >= 0.6 is 7.80 Å². The molecule has 176 valence electrons. The van der Waals surface area contributed by atoms with E-state index in [0.29, 0.717) is 12.2 Å². The highest BCUT2D eigenvalue weighted by Gasteiger charge is 2.34. The van der Waals surface area contributed by atoms with Gasteiger partial charge in [0, 0.05) is 12.6 Å². The first kappa shape index (κ1) is 25.3. The van der Waals surface area contributed by atoms with Crippen molar-refractivity contribution in [1.29, 1.82) is 0 Å². The molecule has 0 aliphatic carbocycles. The van der Waals surface area contributed by atoms with E-state index in [9.17, 15) is 18.9 Å². The Balaban J connectivity index is 2.07. The zero-order valence-corrected chi connectivity index (χ0v) is 20.1. The number of rotatable bonds is 7. The lowest BCUT2D eigenvalue weighted by atomic mass is 9.97. The Kier molecular flexibility index (Phi) is 7.66. The molecule has 2 rings (SSSR count). The maximum Gasteiger partial charge on any atom is 0.314 e. The van der Waals surface area contributed by atoms with Gasteiger partial charge in [-0.15, -0.1) is 0 Å². The van der Waals surface area contributed by atoms with E-state index in [1.807, 2.05) is 0 Å². The quantitative estimate of drug-likeness (QED) is 0.239. The Labute approximate surface area is 186 Å². The van der Waals surface area contributed by atoms with Crippen molar-refractivity contribution in [3.8, 4) is 0 Å². The van der Waals surface area contributed by atoms with Gasteiger partial charge in [0.05, 0.1) is 10.8 Å². The molecule has 0 fully saturated rings. The molecule has 0 amide bonds. The van der Waals surface area contributed by atoms with Crippen LogP contribution in [0.3, 0.4) is 0 Å². The van der Waals surface area contributed by atoms with E-state index < -0.39 is 42.2 Å². The van der Waals surface area contributed by atoms with E-state index in [4.69, 9.17) is 15.2 Å². The summed E-state index contributed by atoms with van der Waals surface area (Å²) in [6.07, 6.45) is 3.64. The lowest BCUT2D eigenvalue weighted by Gasteiger charge is -2.25. The van der Waals surface area contributed by atoms with Crippen molar-refractivity contribution in [2.75, 3.05) is 11.9 Å². The molecule has 1 unspecified atom stereocenters. The normalized spacial score (nSPS) is 13.6. The van der Waals surface area contributed by atoms with E-state index in [2.05, 4.69) is 19.9 Å². The number of esters is 2. The van der Waals surface area contributed by atoms with Crippen LogP contribution in [0.4, 0.5) is 5.95 Å². The topological polar surface area (TPSA) is 170 Å². The van der Waals surface area contributed by atoms with Gasteiger partial charge in [0.1, 0.15) is 5.82 Å². The molecule has 12 heteroatoms. The third-order valence-corrected chi connectivity index (χ3v) is 5.54. The number of aromatic amines is 2. The van der Waals surface area contributed by atoms with Crippen LogP contribution in [-0.2, 0) is 30.0 Å². The number of carbonyl (C=O) groups excluding carboxylic acids is 2. The van der Waals surface area contributed by atoms with Gasteiger partial charge in [-0.25, -0.2) is 4.98 Å². The zero-order valence-electron chi connectivity index (χ0n) is 19.1. The Hall–Kier alpha value is -2.94. The summed E-state index contributed by atoms with van der Waals surface area (Å²) in [5.74, 6) is -0.804. The van der Waals surface area contributed by atoms with Gasteiger partial charge in [-0.1, -0.05) is 12.2 Å². The molecule has 1 atom stereocenters. The molecule has 11 nitrogen and oxygen atoms in total. The average Bonchev–Trinajstić information content (AvgIpc) is 3.05. The van der Waals surface area contributed by atoms with Crippen LogP contribution in [0.15, 0.2) is 16.9 Å². The second-order valence-electron chi connectivity index (χ2n) is 9.32. The van der Waals surface area contributed by atoms with E-state index >= 15 is 0 Å². The molecule has 4 N–H and O–H groups in total. The van der Waals surface area contributed by atoms with Gasteiger partial charge in [0.25, 0.3) is 11.6 Å². The highest BCUT2D eigenvalue weighted by atomic mass is 31.1. The number of fused-ring (bicyclic) bond motifs is 1. The second kappa shape index (κ2) is 9.68. The van der Waals surface area contributed by atoms with Crippen LogP contribution in [0.25, 0.3) is 11.2 Å². The first-order valence-corrected chi connectivity index (χ1v) is 11.7. The van der Waals surface area contributed by atoms with Crippen molar-refractivity contribution in [1.82, 2.24) is 19.9 Å². The van der Waals surface area contributed by atoms with Gasteiger partial charge < -0.3 is 24.8 Å². The number of nitrogen functional groups attached to an aromatic ring is 1. The predicted octanol–water partition coefficient (Wildman–Crippen LogP) is 2.35. The summed E-state index contributed by atoms with van der Waals surface area (Å²) < 4.78 is 23.3. The molecule has 0 aromatic carbocycles. The van der Waals surface area contributed by atoms with Gasteiger partial charge in [-0.3, -0.25) is 19.4 Å². The Morgan fingerprint density at radius 3 is 2.12 bits per heavy atom. The smallest absolute Gasteiger partial charge is 0.314 e. The van der Waals surface area contributed by atoms with Crippen molar-refractivity contribution in [2.24, 2.45) is 10.8 Å². The number of H-pyrrole nitrogens is 2. The molecule has 0 saturated heterocycles. The summed E-state index contributed by atoms with van der Waals surface area (Å²) >= 11 is 0. The molecule has 0 radical (unpaired) electrons. The molecule has 0 bridgehead atoms. The standard InChI is InChI=1S/C20H30N5O6P/c1-19(2,3)15(27)30-18(31-16(28)20(4,5)6)32(29)10-8-7-9-11-22-12-13(23-11)24-17(21)25-14(12)26/h7-8,18,32H,9-10H2,1-6H3,(H4,21,22,23,24,25,26)/b8-7+. The number of anilines is 1. The van der Waals surface area contributed by atoms with Crippen LogP contribution in [0, 0.1) is 10.8 Å². The van der Waals surface area contributed by atoms with Crippen LogP contribution in [0.1, 0.15) is 47.4 Å². The molecular weight excluding hydrogens is 437 g/mol. The number of allylic oxidation sites excluding steroid dienone is 2. The predicted molar refractivity (Wildman–Crippen MR) is 121 cm³/mol. The third kappa shape index (κ3) is 6.78. The molecule has 0 spiro atoms. The van der Waals surface area contributed by atoms with Gasteiger partial charge >= 0.3 is 11.9 Å². The van der Waals surface area contributed by atoms with Crippen LogP contribution in [-0.4, -0.2) is 44.1 Å². The fourth-order valence-electron chi connectivity index (χ4n) is 2.26. The van der Waals surface area contributed by atoms with E-state index in [1.165, 1.54) is 0 Å². The highest BCUT2D eigenvalue weighted by molar-refractivity contribution is 7.45. The minimum atomic E-state index is -2.67. The monoisotopic (exact) mass is 467 g/mol. The fraction of sp³-hybridized carbons (Fsp3) is 0.550. The summed E-state index contributed by atoms with van der Waals surface area (Å²) in [5, 5.41) is 0. The van der Waals surface area contributed by atoms with Gasteiger partial charge in [0.2, 0.25) is 5.95 Å². The summed E-state index contributed by atoms with van der Waals surface area (Å²) in [6, 6.07) is -1.46. The number of nitrogens with two attached hydrogens (primary N) is 1. The zero-order chi connectivity index (χ0) is 24.3. The molecule has 2 aromatic heterocycles. The first-order chi connectivity index (χ1) is 14.7. The maximum absolute atomic E-state index is 12.8. The van der Waals surface area contributed by atoms with Crippen molar-refractivity contribution in [2.45, 2.75) is 54.0 Å². The van der Waals surface area contributed by atoms with Crippen LogP contribution in [0.5, 0.6) is 0 Å². The molecular formula is C20H30N5O6P. The fourth-order valence-corrected chi connectivity index (χ4v) is 3.33. The van der Waals surface area contributed by atoms with Crippen LogP contribution in [0.2, 0.25) is 0 Å². The molecule has 32 heavy (non-hydrogen) atoms. The first-order valence-electron chi connectivity index (χ1n) is 10.0. The van der Waals surface area contributed by atoms with Gasteiger partial charge in [0.15, 0.2) is 19.0 Å². The Morgan fingerprint density at radius 1 is 1.03 bits per heavy atom. The van der Waals surface area contributed by atoms with E-state index in [1.54, 1.807) is 53.7 Å². The molecule has 0 aliphatic rings. The summed E-state index contributed by atoms with van der Waals surface area (Å²) in [5.41, 5.74) is 3.79. The van der Waals surface area contributed by atoms with Crippen molar-refractivity contribution >= 4 is 36.9 Å². The van der Waals surface area contributed by atoms with Gasteiger partial charge in [-0.2, -0.15) is 4.98 Å². The van der Waals surface area contributed by atoms with Crippen molar-refractivity contribution in [3.63, 3.8) is 0 Å². The molecule has 2 heterocycles. The Bertz CT molecular complexity index is 1080. The largest absolute Gasteiger partial charge is 0.418 e. The molecule has 2 aromatic rings. The number of ether oxygens (including phenoxy) is 2.